The van der Waals surface area contributed by atoms with Crippen LogP contribution in [0.5, 0.6) is 0 Å². The van der Waals surface area contributed by atoms with Gasteiger partial charge in [-0.1, -0.05) is 18.2 Å². The highest BCUT2D eigenvalue weighted by molar-refractivity contribution is 5.80. The standard InChI is InChI=1S/C13H15NO/c1-2-6-11-10(5-1)9-12(14-11)13-7-3-4-8-15-13/h1-2,5-6,9,13-14H,3-4,7-8H2/t13-/m0/s1. The summed E-state index contributed by atoms with van der Waals surface area (Å²) in [6, 6.07) is 10.6. The number of aromatic nitrogens is 1. The van der Waals surface area contributed by atoms with E-state index in [4.69, 9.17) is 4.74 Å². The van der Waals surface area contributed by atoms with Gasteiger partial charge in [-0.3, -0.25) is 0 Å². The molecule has 0 amide bonds. The number of rotatable bonds is 1. The van der Waals surface area contributed by atoms with Gasteiger partial charge in [-0.25, -0.2) is 0 Å². The van der Waals surface area contributed by atoms with Crippen molar-refractivity contribution in [1.29, 1.82) is 0 Å². The Labute approximate surface area is 89.3 Å². The van der Waals surface area contributed by atoms with Crippen LogP contribution in [-0.2, 0) is 4.74 Å². The van der Waals surface area contributed by atoms with Crippen LogP contribution in [0.2, 0.25) is 0 Å². The number of fused-ring (bicyclic) bond motifs is 1. The molecule has 0 radical (unpaired) electrons. The van der Waals surface area contributed by atoms with Gasteiger partial charge in [-0.15, -0.1) is 0 Å². The van der Waals surface area contributed by atoms with Crippen molar-refractivity contribution < 1.29 is 4.74 Å². The lowest BCUT2D eigenvalue weighted by Crippen LogP contribution is -2.11. The topological polar surface area (TPSA) is 25.0 Å². The molecule has 0 saturated carbocycles. The molecular weight excluding hydrogens is 186 g/mol. The van der Waals surface area contributed by atoms with Gasteiger partial charge < -0.3 is 9.72 Å². The normalized spacial score (nSPS) is 22.0. The predicted molar refractivity (Wildman–Crippen MR) is 60.8 cm³/mol. The lowest BCUT2D eigenvalue weighted by Gasteiger charge is -2.21. The van der Waals surface area contributed by atoms with Crippen LogP contribution >= 0.6 is 0 Å². The van der Waals surface area contributed by atoms with E-state index in [9.17, 15) is 0 Å². The van der Waals surface area contributed by atoms with Crippen LogP contribution < -0.4 is 0 Å². The summed E-state index contributed by atoms with van der Waals surface area (Å²) >= 11 is 0. The van der Waals surface area contributed by atoms with E-state index in [1.807, 2.05) is 0 Å². The Bertz CT molecular complexity index is 421. The van der Waals surface area contributed by atoms with Gasteiger partial charge in [0.05, 0.1) is 6.10 Å². The lowest BCUT2D eigenvalue weighted by atomic mass is 10.1. The van der Waals surface area contributed by atoms with Crippen LogP contribution in [0.4, 0.5) is 0 Å². The fourth-order valence-corrected chi connectivity index (χ4v) is 2.26. The first kappa shape index (κ1) is 8.98. The van der Waals surface area contributed by atoms with E-state index < -0.39 is 0 Å². The average molecular weight is 201 g/mol. The molecule has 0 bridgehead atoms. The minimum absolute atomic E-state index is 0.283. The van der Waals surface area contributed by atoms with Crippen molar-refractivity contribution in [1.82, 2.24) is 4.98 Å². The number of nitrogens with one attached hydrogen (secondary N) is 1. The molecule has 0 aliphatic carbocycles. The zero-order valence-corrected chi connectivity index (χ0v) is 8.70. The van der Waals surface area contributed by atoms with Crippen LogP contribution in [0.1, 0.15) is 31.1 Å². The Kier molecular flexibility index (Phi) is 2.22. The van der Waals surface area contributed by atoms with Crippen molar-refractivity contribution in [2.45, 2.75) is 25.4 Å². The van der Waals surface area contributed by atoms with E-state index in [0.717, 1.165) is 13.0 Å². The van der Waals surface area contributed by atoms with E-state index in [1.54, 1.807) is 0 Å². The van der Waals surface area contributed by atoms with E-state index >= 15 is 0 Å². The Morgan fingerprint density at radius 3 is 2.93 bits per heavy atom. The molecule has 0 unspecified atom stereocenters. The van der Waals surface area contributed by atoms with Gasteiger partial charge in [-0.05, 0) is 36.8 Å². The summed E-state index contributed by atoms with van der Waals surface area (Å²) in [5, 5.41) is 1.28. The highest BCUT2D eigenvalue weighted by atomic mass is 16.5. The minimum Gasteiger partial charge on any atom is -0.372 e. The van der Waals surface area contributed by atoms with Crippen molar-refractivity contribution in [3.8, 4) is 0 Å². The highest BCUT2D eigenvalue weighted by Gasteiger charge is 2.17. The monoisotopic (exact) mass is 201 g/mol. The zero-order chi connectivity index (χ0) is 10.1. The molecule has 15 heavy (non-hydrogen) atoms. The van der Waals surface area contributed by atoms with Crippen molar-refractivity contribution in [3.05, 3.63) is 36.0 Å². The molecule has 1 aliphatic heterocycles. The Morgan fingerprint density at radius 1 is 1.20 bits per heavy atom. The first-order valence-electron chi connectivity index (χ1n) is 5.63. The molecule has 0 spiro atoms. The van der Waals surface area contributed by atoms with E-state index in [2.05, 4.69) is 35.3 Å². The first-order valence-corrected chi connectivity index (χ1v) is 5.63. The van der Waals surface area contributed by atoms with Crippen LogP contribution in [-0.4, -0.2) is 11.6 Å². The van der Waals surface area contributed by atoms with Gasteiger partial charge in [0.25, 0.3) is 0 Å². The molecule has 1 aromatic heterocycles. The maximum absolute atomic E-state index is 5.76. The summed E-state index contributed by atoms with van der Waals surface area (Å²) < 4.78 is 5.76. The van der Waals surface area contributed by atoms with Crippen LogP contribution in [0, 0.1) is 0 Å². The molecule has 3 rings (SSSR count). The van der Waals surface area contributed by atoms with Gasteiger partial charge in [0.15, 0.2) is 0 Å². The van der Waals surface area contributed by atoms with E-state index in [1.165, 1.54) is 29.4 Å². The minimum atomic E-state index is 0.283. The Hall–Kier alpha value is -1.28. The third-order valence-corrected chi connectivity index (χ3v) is 3.08. The molecule has 2 heterocycles. The molecule has 1 aromatic carbocycles. The van der Waals surface area contributed by atoms with Crippen molar-refractivity contribution >= 4 is 10.9 Å². The Balaban J connectivity index is 1.96. The number of hydrogen-bond acceptors (Lipinski definition) is 1. The number of H-pyrrole nitrogens is 1. The third-order valence-electron chi connectivity index (χ3n) is 3.08. The molecule has 1 saturated heterocycles. The number of aromatic amines is 1. The molecule has 2 heteroatoms. The maximum Gasteiger partial charge on any atom is 0.0972 e. The van der Waals surface area contributed by atoms with Gasteiger partial charge in [-0.2, -0.15) is 0 Å². The van der Waals surface area contributed by atoms with E-state index in [0.29, 0.717) is 0 Å². The molecule has 1 aliphatic rings. The Morgan fingerprint density at radius 2 is 2.13 bits per heavy atom. The van der Waals surface area contributed by atoms with Gasteiger partial charge in [0, 0.05) is 17.8 Å². The van der Waals surface area contributed by atoms with Crippen molar-refractivity contribution in [2.75, 3.05) is 6.61 Å². The number of ether oxygens (including phenoxy) is 1. The van der Waals surface area contributed by atoms with Crippen molar-refractivity contribution in [2.24, 2.45) is 0 Å². The van der Waals surface area contributed by atoms with Crippen LogP contribution in [0.3, 0.4) is 0 Å². The zero-order valence-electron chi connectivity index (χ0n) is 8.70. The summed E-state index contributed by atoms with van der Waals surface area (Å²) in [5.74, 6) is 0. The second-order valence-corrected chi connectivity index (χ2v) is 4.17. The largest absolute Gasteiger partial charge is 0.372 e. The molecule has 2 aromatic rings. The molecule has 78 valence electrons. The van der Waals surface area contributed by atoms with Crippen LogP contribution in [0.25, 0.3) is 10.9 Å². The SMILES string of the molecule is c1ccc2[nH]c([C@@H]3CCCCO3)cc2c1. The summed E-state index contributed by atoms with van der Waals surface area (Å²) in [5.41, 5.74) is 2.44. The molecule has 1 N–H and O–H groups in total. The highest BCUT2D eigenvalue weighted by Crippen LogP contribution is 2.29. The van der Waals surface area contributed by atoms with Gasteiger partial charge in [0.1, 0.15) is 0 Å². The van der Waals surface area contributed by atoms with Crippen molar-refractivity contribution in [3.63, 3.8) is 0 Å². The number of para-hydroxylation sites is 1. The predicted octanol–water partition coefficient (Wildman–Crippen LogP) is 3.41. The molecule has 2 nitrogen and oxygen atoms in total. The van der Waals surface area contributed by atoms with Crippen LogP contribution in [0.15, 0.2) is 30.3 Å². The number of benzene rings is 1. The fraction of sp³-hybridized carbons (Fsp3) is 0.385. The summed E-state index contributed by atoms with van der Waals surface area (Å²) in [6.07, 6.45) is 3.91. The maximum atomic E-state index is 5.76. The lowest BCUT2D eigenvalue weighted by molar-refractivity contribution is 0.0127. The first-order chi connectivity index (χ1) is 7.43. The quantitative estimate of drug-likeness (QED) is 0.751. The van der Waals surface area contributed by atoms with Gasteiger partial charge >= 0.3 is 0 Å². The van der Waals surface area contributed by atoms with E-state index in [-0.39, 0.29) is 6.10 Å². The second kappa shape index (κ2) is 3.70. The molecular formula is C13H15NO. The third kappa shape index (κ3) is 1.65. The summed E-state index contributed by atoms with van der Waals surface area (Å²) in [6.45, 7) is 0.903. The average Bonchev–Trinajstić information content (AvgIpc) is 2.74. The summed E-state index contributed by atoms with van der Waals surface area (Å²) in [7, 11) is 0. The fourth-order valence-electron chi connectivity index (χ4n) is 2.26. The van der Waals surface area contributed by atoms with Gasteiger partial charge in [0.2, 0.25) is 0 Å². The number of hydrogen-bond donors (Lipinski definition) is 1. The summed E-state index contributed by atoms with van der Waals surface area (Å²) in [4.78, 5) is 3.44. The molecule has 1 atom stereocenters. The second-order valence-electron chi connectivity index (χ2n) is 4.17. The smallest absolute Gasteiger partial charge is 0.0972 e. The molecule has 1 fully saturated rings.